The number of hydrogen-bond donors (Lipinski definition) is 4. The number of nitrogens with zero attached hydrogens (tertiary/aromatic N) is 2. The molecule has 2 aromatic carbocycles. The van der Waals surface area contributed by atoms with Gasteiger partial charge in [0.05, 0.1) is 17.0 Å². The van der Waals surface area contributed by atoms with Gasteiger partial charge in [-0.05, 0) is 58.4 Å². The summed E-state index contributed by atoms with van der Waals surface area (Å²) in [6.45, 7) is -0.309. The van der Waals surface area contributed by atoms with Gasteiger partial charge in [0.2, 0.25) is 5.96 Å². The maximum absolute atomic E-state index is 13.3. The number of halogens is 4. The molecule has 0 aromatic heterocycles. The lowest BCUT2D eigenvalue weighted by Crippen LogP contribution is -2.31. The maximum atomic E-state index is 13.3. The zero-order chi connectivity index (χ0) is 26.5. The highest BCUT2D eigenvalue weighted by atomic mass is 35.5. The molecular weight excluding hydrogens is 521 g/mol. The van der Waals surface area contributed by atoms with Crippen molar-refractivity contribution in [2.45, 2.75) is 12.7 Å². The molecule has 190 valence electrons. The van der Waals surface area contributed by atoms with Crippen LogP contribution < -0.4 is 16.8 Å². The highest BCUT2D eigenvalue weighted by molar-refractivity contribution is 8.18. The van der Waals surface area contributed by atoms with Crippen molar-refractivity contribution in [2.75, 3.05) is 18.5 Å². The Morgan fingerprint density at radius 2 is 1.97 bits per heavy atom. The second-order valence-electron chi connectivity index (χ2n) is 7.33. The predicted octanol–water partition coefficient (Wildman–Crippen LogP) is 4.21. The number of thioether (sulfide) groups is 1. The van der Waals surface area contributed by atoms with E-state index >= 15 is 0 Å². The number of benzene rings is 2. The molecule has 1 fully saturated rings. The first-order chi connectivity index (χ1) is 17.0. The molecule has 2 aromatic rings. The standard InChI is InChI=1S/C22H20ClF3N6O3S/c23-15-3-2-13(16(9-15)22(24,25)26)11-30-17-4-1-12(7-14(17)10-27)8-18-19(33)32(21(34)36-18)5-6-35-31-20(28)29/h1-4,7-10,27,30H,5-6,11H2,(H4,28,29,31)/b18-8-,27-10?. The topological polar surface area (TPSA) is 147 Å². The Bertz CT molecular complexity index is 1250. The minimum atomic E-state index is -4.57. The van der Waals surface area contributed by atoms with E-state index in [1.807, 2.05) is 0 Å². The van der Waals surface area contributed by atoms with E-state index in [1.54, 1.807) is 18.2 Å². The van der Waals surface area contributed by atoms with Gasteiger partial charge in [-0.25, -0.2) is 0 Å². The van der Waals surface area contributed by atoms with Crippen LogP contribution in [0.2, 0.25) is 5.02 Å². The summed E-state index contributed by atoms with van der Waals surface area (Å²) in [5.41, 5.74) is 10.7. The van der Waals surface area contributed by atoms with Crippen LogP contribution in [0.15, 0.2) is 46.5 Å². The van der Waals surface area contributed by atoms with E-state index in [0.29, 0.717) is 16.8 Å². The molecule has 2 amide bonds. The average molecular weight is 541 g/mol. The number of hydrogen-bond acceptors (Lipinski definition) is 7. The summed E-state index contributed by atoms with van der Waals surface area (Å²) in [7, 11) is 0. The first-order valence-corrected chi connectivity index (χ1v) is 11.4. The summed E-state index contributed by atoms with van der Waals surface area (Å²) < 4.78 is 40.0. The predicted molar refractivity (Wildman–Crippen MR) is 133 cm³/mol. The highest BCUT2D eigenvalue weighted by Crippen LogP contribution is 2.35. The molecule has 6 N–H and O–H groups in total. The molecule has 0 saturated carbocycles. The van der Waals surface area contributed by atoms with Crippen LogP contribution in [0.4, 0.5) is 23.7 Å². The largest absolute Gasteiger partial charge is 0.416 e. The molecule has 0 aliphatic carbocycles. The van der Waals surface area contributed by atoms with E-state index in [1.165, 1.54) is 18.2 Å². The van der Waals surface area contributed by atoms with Gasteiger partial charge >= 0.3 is 6.18 Å². The third-order valence-electron chi connectivity index (χ3n) is 4.83. The molecule has 14 heteroatoms. The van der Waals surface area contributed by atoms with Crippen molar-refractivity contribution in [3.63, 3.8) is 0 Å². The van der Waals surface area contributed by atoms with Crippen LogP contribution in [0.5, 0.6) is 0 Å². The molecule has 1 aliphatic rings. The fourth-order valence-corrected chi connectivity index (χ4v) is 4.24. The van der Waals surface area contributed by atoms with Crippen LogP contribution in [-0.4, -0.2) is 41.4 Å². The Kier molecular flexibility index (Phi) is 8.48. The number of rotatable bonds is 9. The minimum Gasteiger partial charge on any atom is -0.391 e. The number of nitrogens with one attached hydrogen (secondary N) is 2. The van der Waals surface area contributed by atoms with Crippen molar-refractivity contribution < 1.29 is 27.6 Å². The first kappa shape index (κ1) is 26.9. The number of nitrogens with two attached hydrogens (primary N) is 2. The molecule has 36 heavy (non-hydrogen) atoms. The van der Waals surface area contributed by atoms with Crippen LogP contribution in [0.3, 0.4) is 0 Å². The molecular formula is C22H20ClF3N6O3S. The third kappa shape index (κ3) is 6.70. The van der Waals surface area contributed by atoms with Gasteiger partial charge in [-0.3, -0.25) is 14.5 Å². The number of anilines is 1. The van der Waals surface area contributed by atoms with Gasteiger partial charge < -0.3 is 27.0 Å². The van der Waals surface area contributed by atoms with E-state index in [2.05, 4.69) is 10.5 Å². The quantitative estimate of drug-likeness (QED) is 0.122. The zero-order valence-corrected chi connectivity index (χ0v) is 20.0. The molecule has 1 saturated heterocycles. The zero-order valence-electron chi connectivity index (χ0n) is 18.4. The summed E-state index contributed by atoms with van der Waals surface area (Å²) in [5.74, 6) is -0.822. The number of oxime groups is 1. The second kappa shape index (κ2) is 11.4. The molecule has 3 rings (SSSR count). The highest BCUT2D eigenvalue weighted by Gasteiger charge is 2.35. The Morgan fingerprint density at radius 1 is 1.22 bits per heavy atom. The fourth-order valence-electron chi connectivity index (χ4n) is 3.20. The minimum absolute atomic E-state index is 0.00981. The molecule has 9 nitrogen and oxygen atoms in total. The lowest BCUT2D eigenvalue weighted by atomic mass is 10.1. The van der Waals surface area contributed by atoms with Gasteiger partial charge in [-0.15, -0.1) is 0 Å². The van der Waals surface area contributed by atoms with Crippen LogP contribution >= 0.6 is 23.4 Å². The van der Waals surface area contributed by atoms with Crippen molar-refractivity contribution in [3.05, 3.63) is 68.6 Å². The van der Waals surface area contributed by atoms with Crippen molar-refractivity contribution >= 4 is 58.4 Å². The number of alkyl halides is 3. The SMILES string of the molecule is N=Cc1cc(/C=C2\SC(=O)N(CCON=C(N)N)C2=O)ccc1NCc1ccc(Cl)cc1C(F)(F)F. The molecule has 0 bridgehead atoms. The summed E-state index contributed by atoms with van der Waals surface area (Å²) in [4.78, 5) is 30.7. The summed E-state index contributed by atoms with van der Waals surface area (Å²) in [6, 6.07) is 8.26. The van der Waals surface area contributed by atoms with Gasteiger partial charge in [-0.1, -0.05) is 23.7 Å². The molecule has 0 atom stereocenters. The Balaban J connectivity index is 1.73. The van der Waals surface area contributed by atoms with Crippen molar-refractivity contribution in [1.29, 1.82) is 5.41 Å². The fraction of sp³-hybridized carbons (Fsp3) is 0.182. The molecule has 0 radical (unpaired) electrons. The first-order valence-electron chi connectivity index (χ1n) is 10.2. The second-order valence-corrected chi connectivity index (χ2v) is 8.76. The van der Waals surface area contributed by atoms with Gasteiger partial charge in [0, 0.05) is 29.0 Å². The van der Waals surface area contributed by atoms with E-state index in [0.717, 1.165) is 28.9 Å². The number of amides is 2. The van der Waals surface area contributed by atoms with Crippen LogP contribution in [-0.2, 0) is 22.4 Å². The van der Waals surface area contributed by atoms with Crippen molar-refractivity contribution in [3.8, 4) is 0 Å². The number of guanidine groups is 1. The van der Waals surface area contributed by atoms with Gasteiger partial charge in [0.15, 0.2) is 0 Å². The normalized spacial score (nSPS) is 14.8. The van der Waals surface area contributed by atoms with E-state index in [-0.39, 0.29) is 41.1 Å². The Labute approximate surface area is 212 Å². The van der Waals surface area contributed by atoms with E-state index < -0.39 is 22.9 Å². The summed E-state index contributed by atoms with van der Waals surface area (Å²) in [5, 5.41) is 13.4. The Morgan fingerprint density at radius 3 is 2.64 bits per heavy atom. The van der Waals surface area contributed by atoms with Gasteiger partial charge in [0.25, 0.3) is 11.1 Å². The lowest BCUT2D eigenvalue weighted by Gasteiger charge is -2.15. The molecule has 0 unspecified atom stereocenters. The summed E-state index contributed by atoms with van der Waals surface area (Å²) >= 11 is 6.46. The average Bonchev–Trinajstić information content (AvgIpc) is 3.07. The van der Waals surface area contributed by atoms with E-state index in [4.69, 9.17) is 33.3 Å². The Hall–Kier alpha value is -3.71. The van der Waals surface area contributed by atoms with Gasteiger partial charge in [0.1, 0.15) is 6.61 Å². The monoisotopic (exact) mass is 540 g/mol. The molecule has 1 aliphatic heterocycles. The summed E-state index contributed by atoms with van der Waals surface area (Å²) in [6.07, 6.45) is -2.06. The van der Waals surface area contributed by atoms with E-state index in [9.17, 15) is 22.8 Å². The number of imide groups is 1. The third-order valence-corrected chi connectivity index (χ3v) is 5.97. The van der Waals surface area contributed by atoms with Crippen molar-refractivity contribution in [2.24, 2.45) is 16.6 Å². The van der Waals surface area contributed by atoms with Crippen LogP contribution in [0.25, 0.3) is 6.08 Å². The van der Waals surface area contributed by atoms with Crippen LogP contribution in [0, 0.1) is 5.41 Å². The number of carbonyl (C=O) groups excluding carboxylic acids is 2. The number of carbonyl (C=O) groups is 2. The molecule has 0 spiro atoms. The van der Waals surface area contributed by atoms with Crippen molar-refractivity contribution in [1.82, 2.24) is 4.90 Å². The maximum Gasteiger partial charge on any atom is 0.416 e. The van der Waals surface area contributed by atoms with Gasteiger partial charge in [-0.2, -0.15) is 13.2 Å². The smallest absolute Gasteiger partial charge is 0.391 e. The van der Waals surface area contributed by atoms with Crippen LogP contribution in [0.1, 0.15) is 22.3 Å². The molecule has 1 heterocycles. The lowest BCUT2D eigenvalue weighted by molar-refractivity contribution is -0.138.